The molecule has 2 atom stereocenters. The van der Waals surface area contributed by atoms with Crippen molar-refractivity contribution in [2.75, 3.05) is 13.1 Å². The Balaban J connectivity index is 2.43. The summed E-state index contributed by atoms with van der Waals surface area (Å²) >= 11 is 0. The van der Waals surface area contributed by atoms with Gasteiger partial charge in [-0.15, -0.1) is 0 Å². The van der Waals surface area contributed by atoms with Crippen molar-refractivity contribution in [3.05, 3.63) is 0 Å². The maximum Gasteiger partial charge on any atom is 0.410 e. The average Bonchev–Trinajstić information content (AvgIpc) is 2.75. The number of hydrogen-bond donors (Lipinski definition) is 0. The highest BCUT2D eigenvalue weighted by molar-refractivity contribution is 5.82. The van der Waals surface area contributed by atoms with Crippen molar-refractivity contribution < 1.29 is 14.3 Å². The molecule has 1 aliphatic heterocycles. The molecular weight excluding hydrogens is 254 g/mol. The van der Waals surface area contributed by atoms with E-state index in [1.54, 1.807) is 4.90 Å². The van der Waals surface area contributed by atoms with Crippen molar-refractivity contribution in [2.24, 2.45) is 11.8 Å². The van der Waals surface area contributed by atoms with Crippen LogP contribution in [0.1, 0.15) is 60.3 Å². The molecule has 0 bridgehead atoms. The van der Waals surface area contributed by atoms with Gasteiger partial charge in [0.1, 0.15) is 11.4 Å². The quantitative estimate of drug-likeness (QED) is 0.774. The van der Waals surface area contributed by atoms with Gasteiger partial charge in [-0.3, -0.25) is 4.79 Å². The first-order valence-electron chi connectivity index (χ1n) is 7.73. The Morgan fingerprint density at radius 1 is 1.35 bits per heavy atom. The molecule has 0 aromatic rings. The Hall–Kier alpha value is -1.06. The average molecular weight is 283 g/mol. The molecule has 4 nitrogen and oxygen atoms in total. The van der Waals surface area contributed by atoms with Gasteiger partial charge in [-0.25, -0.2) is 4.79 Å². The molecule has 1 amide bonds. The third kappa shape index (κ3) is 5.51. The lowest BCUT2D eigenvalue weighted by molar-refractivity contribution is -0.123. The van der Waals surface area contributed by atoms with E-state index >= 15 is 0 Å². The molecule has 1 saturated heterocycles. The number of likely N-dealkylation sites (tertiary alicyclic amines) is 1. The number of hydrogen-bond acceptors (Lipinski definition) is 3. The smallest absolute Gasteiger partial charge is 0.410 e. The molecule has 116 valence electrons. The standard InChI is InChI=1S/C16H29NO3/c1-6-7-12(2)10-14(18)13-8-9-17(11-13)15(19)20-16(3,4)5/h12-13H,6-11H2,1-5H3. The van der Waals surface area contributed by atoms with Crippen LogP contribution in [0.25, 0.3) is 0 Å². The fraction of sp³-hybridized carbons (Fsp3) is 0.875. The first-order valence-corrected chi connectivity index (χ1v) is 7.73. The third-order valence-corrected chi connectivity index (χ3v) is 3.63. The van der Waals surface area contributed by atoms with Crippen LogP contribution in [0, 0.1) is 11.8 Å². The zero-order chi connectivity index (χ0) is 15.3. The molecule has 0 saturated carbocycles. The summed E-state index contributed by atoms with van der Waals surface area (Å²) in [6.45, 7) is 11.0. The highest BCUT2D eigenvalue weighted by Gasteiger charge is 2.33. The van der Waals surface area contributed by atoms with Gasteiger partial charge in [0.2, 0.25) is 0 Å². The predicted molar refractivity (Wildman–Crippen MR) is 79.6 cm³/mol. The number of carbonyl (C=O) groups excluding carboxylic acids is 2. The normalized spacial score (nSPS) is 20.9. The molecule has 0 spiro atoms. The van der Waals surface area contributed by atoms with Gasteiger partial charge in [0.15, 0.2) is 0 Å². The second kappa shape index (κ2) is 7.09. The minimum absolute atomic E-state index is 0.00169. The van der Waals surface area contributed by atoms with E-state index in [1.807, 2.05) is 20.8 Å². The van der Waals surface area contributed by atoms with Crippen LogP contribution in [0.5, 0.6) is 0 Å². The summed E-state index contributed by atoms with van der Waals surface area (Å²) < 4.78 is 5.35. The summed E-state index contributed by atoms with van der Waals surface area (Å²) in [5, 5.41) is 0. The van der Waals surface area contributed by atoms with Gasteiger partial charge in [0.05, 0.1) is 0 Å². The Kier molecular flexibility index (Phi) is 6.03. The van der Waals surface area contributed by atoms with E-state index in [1.165, 1.54) is 0 Å². The molecule has 0 N–H and O–H groups in total. The first kappa shape index (κ1) is 17.0. The molecule has 4 heteroatoms. The molecule has 1 rings (SSSR count). The first-order chi connectivity index (χ1) is 9.23. The SMILES string of the molecule is CCCC(C)CC(=O)C1CCN(C(=O)OC(C)(C)C)C1. The molecule has 1 fully saturated rings. The van der Waals surface area contributed by atoms with Crippen LogP contribution < -0.4 is 0 Å². The Morgan fingerprint density at radius 3 is 2.55 bits per heavy atom. The van der Waals surface area contributed by atoms with E-state index < -0.39 is 5.60 Å². The van der Waals surface area contributed by atoms with Crippen molar-refractivity contribution in [1.82, 2.24) is 4.90 Å². The van der Waals surface area contributed by atoms with E-state index in [4.69, 9.17) is 4.74 Å². The van der Waals surface area contributed by atoms with Gasteiger partial charge in [0.25, 0.3) is 0 Å². The molecule has 0 radical (unpaired) electrons. The predicted octanol–water partition coefficient (Wildman–Crippen LogP) is 3.64. The zero-order valence-electron chi connectivity index (χ0n) is 13.6. The lowest BCUT2D eigenvalue weighted by Crippen LogP contribution is -2.36. The summed E-state index contributed by atoms with van der Waals surface area (Å²) in [6, 6.07) is 0. The molecular formula is C16H29NO3. The van der Waals surface area contributed by atoms with Crippen LogP contribution >= 0.6 is 0 Å². The van der Waals surface area contributed by atoms with Gasteiger partial charge in [-0.05, 0) is 33.1 Å². The van der Waals surface area contributed by atoms with Gasteiger partial charge in [0, 0.05) is 25.4 Å². The summed E-state index contributed by atoms with van der Waals surface area (Å²) in [7, 11) is 0. The lowest BCUT2D eigenvalue weighted by Gasteiger charge is -2.24. The monoisotopic (exact) mass is 283 g/mol. The third-order valence-electron chi connectivity index (χ3n) is 3.63. The highest BCUT2D eigenvalue weighted by atomic mass is 16.6. The second-order valence-electron chi connectivity index (χ2n) is 6.98. The van der Waals surface area contributed by atoms with Crippen molar-refractivity contribution in [1.29, 1.82) is 0 Å². The van der Waals surface area contributed by atoms with Crippen molar-refractivity contribution in [2.45, 2.75) is 65.9 Å². The minimum atomic E-state index is -0.477. The summed E-state index contributed by atoms with van der Waals surface area (Å²) in [5.41, 5.74) is -0.477. The maximum absolute atomic E-state index is 12.2. The fourth-order valence-electron chi connectivity index (χ4n) is 2.62. The second-order valence-corrected chi connectivity index (χ2v) is 6.98. The Morgan fingerprint density at radius 2 is 2.00 bits per heavy atom. The van der Waals surface area contributed by atoms with E-state index in [9.17, 15) is 9.59 Å². The van der Waals surface area contributed by atoms with E-state index in [0.29, 0.717) is 31.2 Å². The lowest BCUT2D eigenvalue weighted by atomic mass is 9.92. The van der Waals surface area contributed by atoms with Gasteiger partial charge >= 0.3 is 6.09 Å². The van der Waals surface area contributed by atoms with Crippen LogP contribution in [0.3, 0.4) is 0 Å². The van der Waals surface area contributed by atoms with Gasteiger partial charge in [-0.1, -0.05) is 26.7 Å². The zero-order valence-corrected chi connectivity index (χ0v) is 13.6. The van der Waals surface area contributed by atoms with Gasteiger partial charge in [-0.2, -0.15) is 0 Å². The number of ketones is 1. The van der Waals surface area contributed by atoms with Crippen LogP contribution in [-0.2, 0) is 9.53 Å². The summed E-state index contributed by atoms with van der Waals surface area (Å²) in [6.07, 6.45) is 3.32. The van der Waals surface area contributed by atoms with E-state index in [-0.39, 0.29) is 12.0 Å². The number of ether oxygens (including phenoxy) is 1. The van der Waals surface area contributed by atoms with Crippen molar-refractivity contribution in [3.63, 3.8) is 0 Å². The molecule has 2 unspecified atom stereocenters. The Bertz CT molecular complexity index is 346. The molecule has 0 aliphatic carbocycles. The molecule has 20 heavy (non-hydrogen) atoms. The number of carbonyl (C=O) groups is 2. The van der Waals surface area contributed by atoms with Crippen LogP contribution in [-0.4, -0.2) is 35.5 Å². The molecule has 1 aliphatic rings. The van der Waals surface area contributed by atoms with Crippen LogP contribution in [0.15, 0.2) is 0 Å². The number of nitrogens with zero attached hydrogens (tertiary/aromatic N) is 1. The minimum Gasteiger partial charge on any atom is -0.444 e. The summed E-state index contributed by atoms with van der Waals surface area (Å²) in [5.74, 6) is 0.752. The molecule has 0 aromatic carbocycles. The Labute approximate surface area is 122 Å². The van der Waals surface area contributed by atoms with Crippen molar-refractivity contribution >= 4 is 11.9 Å². The highest BCUT2D eigenvalue weighted by Crippen LogP contribution is 2.23. The van der Waals surface area contributed by atoms with Crippen LogP contribution in [0.4, 0.5) is 4.79 Å². The topological polar surface area (TPSA) is 46.6 Å². The fourth-order valence-corrected chi connectivity index (χ4v) is 2.62. The molecule has 0 aromatic heterocycles. The van der Waals surface area contributed by atoms with Crippen LogP contribution in [0.2, 0.25) is 0 Å². The van der Waals surface area contributed by atoms with E-state index in [2.05, 4.69) is 13.8 Å². The number of amides is 1. The van der Waals surface area contributed by atoms with Crippen molar-refractivity contribution in [3.8, 4) is 0 Å². The van der Waals surface area contributed by atoms with Gasteiger partial charge < -0.3 is 9.64 Å². The van der Waals surface area contributed by atoms with E-state index in [0.717, 1.165) is 19.3 Å². The number of Topliss-reactive ketones (excluding diaryl/α,β-unsaturated/α-hetero) is 1. The maximum atomic E-state index is 12.2. The molecule has 1 heterocycles. The largest absolute Gasteiger partial charge is 0.444 e. The summed E-state index contributed by atoms with van der Waals surface area (Å²) in [4.78, 5) is 25.8. The number of rotatable bonds is 5.